The molecule has 0 spiro atoms. The van der Waals surface area contributed by atoms with E-state index in [0.29, 0.717) is 28.1 Å². The summed E-state index contributed by atoms with van der Waals surface area (Å²) in [6, 6.07) is 18.5. The number of fused-ring (bicyclic) bond motifs is 2. The molecule has 1 aliphatic rings. The zero-order valence-electron chi connectivity index (χ0n) is 17.4. The summed E-state index contributed by atoms with van der Waals surface area (Å²) < 4.78 is 11.5. The molecule has 0 fully saturated rings. The van der Waals surface area contributed by atoms with Crippen molar-refractivity contribution in [2.75, 3.05) is 4.90 Å². The number of H-pyrrole nitrogens is 1. The van der Waals surface area contributed by atoms with E-state index in [1.54, 1.807) is 43.3 Å². The fourth-order valence-electron chi connectivity index (χ4n) is 4.21. The number of imidazole rings is 1. The lowest BCUT2D eigenvalue weighted by Crippen LogP contribution is -2.31. The molecule has 8 nitrogen and oxygen atoms in total. The van der Waals surface area contributed by atoms with E-state index in [-0.39, 0.29) is 17.3 Å². The van der Waals surface area contributed by atoms with Crippen molar-refractivity contribution < 1.29 is 23.5 Å². The number of nitrogens with one attached hydrogen (secondary N) is 1. The monoisotopic (exact) mass is 439 g/mol. The summed E-state index contributed by atoms with van der Waals surface area (Å²) >= 11 is 0. The molecular formula is C25H17N3O5. The van der Waals surface area contributed by atoms with Crippen LogP contribution in [0.15, 0.2) is 86.9 Å². The Kier molecular flexibility index (Phi) is 4.03. The molecular weight excluding hydrogens is 422 g/mol. The van der Waals surface area contributed by atoms with Crippen LogP contribution >= 0.6 is 0 Å². The van der Waals surface area contributed by atoms with Crippen molar-refractivity contribution in [1.29, 1.82) is 0 Å². The van der Waals surface area contributed by atoms with E-state index < -0.39 is 23.5 Å². The third-order valence-corrected chi connectivity index (χ3v) is 5.74. The molecule has 1 amide bonds. The van der Waals surface area contributed by atoms with Crippen LogP contribution in [0.4, 0.5) is 5.95 Å². The molecule has 3 aromatic heterocycles. The van der Waals surface area contributed by atoms with Crippen LogP contribution in [0, 0.1) is 6.92 Å². The Balaban J connectivity index is 1.51. The third-order valence-electron chi connectivity index (χ3n) is 5.74. The van der Waals surface area contributed by atoms with Gasteiger partial charge in [-0.25, -0.2) is 4.98 Å². The van der Waals surface area contributed by atoms with Gasteiger partial charge in [-0.15, -0.1) is 0 Å². The van der Waals surface area contributed by atoms with Gasteiger partial charge in [-0.2, -0.15) is 0 Å². The van der Waals surface area contributed by atoms with Crippen molar-refractivity contribution in [1.82, 2.24) is 9.97 Å². The van der Waals surface area contributed by atoms with Gasteiger partial charge < -0.3 is 18.9 Å². The summed E-state index contributed by atoms with van der Waals surface area (Å²) in [5.74, 6) is -0.888. The number of amides is 1. The average Bonchev–Trinajstić information content (AvgIpc) is 3.58. The number of aryl methyl sites for hydroxylation is 1. The lowest BCUT2D eigenvalue weighted by atomic mass is 9.99. The van der Waals surface area contributed by atoms with E-state index in [2.05, 4.69) is 9.97 Å². The van der Waals surface area contributed by atoms with Crippen LogP contribution in [0.5, 0.6) is 0 Å². The Hall–Kier alpha value is -4.59. The molecule has 33 heavy (non-hydrogen) atoms. The fourth-order valence-corrected chi connectivity index (χ4v) is 4.21. The number of carbonyl (C=O) groups is 2. The van der Waals surface area contributed by atoms with Gasteiger partial charge in [-0.1, -0.05) is 30.3 Å². The summed E-state index contributed by atoms with van der Waals surface area (Å²) in [5, 5.41) is 11.6. The van der Waals surface area contributed by atoms with Crippen LogP contribution in [-0.4, -0.2) is 26.8 Å². The number of rotatable bonds is 4. The Labute approximate surface area is 186 Å². The number of aromatic amines is 1. The number of aromatic nitrogens is 2. The number of anilines is 1. The maximum Gasteiger partial charge on any atom is 0.296 e. The zero-order valence-corrected chi connectivity index (χ0v) is 17.4. The Morgan fingerprint density at radius 2 is 1.85 bits per heavy atom. The number of aliphatic hydroxyl groups is 1. The first kappa shape index (κ1) is 19.1. The lowest BCUT2D eigenvalue weighted by molar-refractivity contribution is -0.117. The maximum atomic E-state index is 13.5. The molecule has 6 rings (SSSR count). The summed E-state index contributed by atoms with van der Waals surface area (Å²) in [6.07, 6.45) is 0. The van der Waals surface area contributed by atoms with E-state index in [9.17, 15) is 14.7 Å². The van der Waals surface area contributed by atoms with Gasteiger partial charge in [0.1, 0.15) is 23.1 Å². The van der Waals surface area contributed by atoms with Gasteiger partial charge in [0.25, 0.3) is 5.91 Å². The fraction of sp³-hybridized carbons (Fsp3) is 0.0800. The first-order valence-electron chi connectivity index (χ1n) is 10.3. The van der Waals surface area contributed by atoms with Crippen LogP contribution in [0.2, 0.25) is 0 Å². The molecule has 0 bridgehead atoms. The minimum atomic E-state index is -1.02. The second-order valence-electron chi connectivity index (χ2n) is 7.84. The number of hydrogen-bond acceptors (Lipinski definition) is 6. The van der Waals surface area contributed by atoms with Gasteiger partial charge in [-0.3, -0.25) is 14.5 Å². The predicted molar refractivity (Wildman–Crippen MR) is 120 cm³/mol. The van der Waals surface area contributed by atoms with Crippen molar-refractivity contribution in [3.63, 3.8) is 0 Å². The highest BCUT2D eigenvalue weighted by atomic mass is 16.4. The number of Topliss-reactive ketones (excluding diaryl/α,β-unsaturated/α-hetero) is 1. The number of hydrogen-bond donors (Lipinski definition) is 2. The molecule has 1 atom stereocenters. The maximum absolute atomic E-state index is 13.5. The number of nitrogens with zero attached hydrogens (tertiary/aromatic N) is 2. The molecule has 5 aromatic rings. The van der Waals surface area contributed by atoms with Gasteiger partial charge in [-0.05, 0) is 43.3 Å². The molecule has 1 aliphatic heterocycles. The standard InChI is InChI=1S/C25H17N3O5/c1-13-10-11-18(32-13)21-20(22(29)19-12-14-6-2-5-9-17(14)33-19)23(30)24(31)28(21)25-26-15-7-3-4-8-16(15)27-25/h2-12,21,30H,1H3,(H,26,27). The molecule has 0 saturated carbocycles. The Morgan fingerprint density at radius 3 is 2.61 bits per heavy atom. The Morgan fingerprint density at radius 1 is 1.06 bits per heavy atom. The van der Waals surface area contributed by atoms with E-state index in [1.165, 1.54) is 4.90 Å². The third kappa shape index (κ3) is 2.88. The number of aliphatic hydroxyl groups excluding tert-OH is 1. The van der Waals surface area contributed by atoms with Gasteiger partial charge in [0.05, 0.1) is 16.6 Å². The summed E-state index contributed by atoms with van der Waals surface area (Å²) in [5.41, 5.74) is 1.76. The summed E-state index contributed by atoms with van der Waals surface area (Å²) in [4.78, 5) is 35.6. The first-order valence-corrected chi connectivity index (χ1v) is 10.3. The van der Waals surface area contributed by atoms with Crippen molar-refractivity contribution in [2.45, 2.75) is 13.0 Å². The highest BCUT2D eigenvalue weighted by Gasteiger charge is 2.48. The van der Waals surface area contributed by atoms with Crippen molar-refractivity contribution >= 4 is 39.6 Å². The van der Waals surface area contributed by atoms with E-state index in [0.717, 1.165) is 5.39 Å². The number of benzene rings is 2. The van der Waals surface area contributed by atoms with Crippen LogP contribution < -0.4 is 4.90 Å². The van der Waals surface area contributed by atoms with Crippen molar-refractivity contribution in [3.05, 3.63) is 95.3 Å². The minimum absolute atomic E-state index is 0.0188. The van der Waals surface area contributed by atoms with Gasteiger partial charge in [0.15, 0.2) is 11.5 Å². The van der Waals surface area contributed by atoms with Gasteiger partial charge >= 0.3 is 0 Å². The molecule has 1 unspecified atom stereocenters. The normalized spacial score (nSPS) is 16.5. The zero-order chi connectivity index (χ0) is 22.7. The lowest BCUT2D eigenvalue weighted by Gasteiger charge is -2.22. The number of ketones is 1. The van der Waals surface area contributed by atoms with Gasteiger partial charge in [0.2, 0.25) is 11.7 Å². The smallest absolute Gasteiger partial charge is 0.296 e. The SMILES string of the molecule is Cc1ccc(C2C(C(=O)c3cc4ccccc4o3)=C(O)C(=O)N2c2nc3ccccc3[nH]2)o1. The van der Waals surface area contributed by atoms with Crippen LogP contribution in [0.25, 0.3) is 22.0 Å². The van der Waals surface area contributed by atoms with E-state index in [1.807, 2.05) is 30.3 Å². The number of furan rings is 2. The molecule has 2 aromatic carbocycles. The molecule has 2 N–H and O–H groups in total. The molecule has 0 aliphatic carbocycles. The highest BCUT2D eigenvalue weighted by molar-refractivity contribution is 6.20. The average molecular weight is 439 g/mol. The second-order valence-corrected chi connectivity index (χ2v) is 7.84. The molecule has 0 saturated heterocycles. The van der Waals surface area contributed by atoms with Crippen LogP contribution in [0.1, 0.15) is 28.1 Å². The summed E-state index contributed by atoms with van der Waals surface area (Å²) in [6.45, 7) is 1.76. The van der Waals surface area contributed by atoms with E-state index >= 15 is 0 Å². The van der Waals surface area contributed by atoms with Gasteiger partial charge in [0, 0.05) is 5.39 Å². The van der Waals surface area contributed by atoms with Crippen LogP contribution in [-0.2, 0) is 4.79 Å². The topological polar surface area (TPSA) is 113 Å². The second kappa shape index (κ2) is 6.96. The Bertz CT molecular complexity index is 1540. The number of para-hydroxylation sites is 3. The number of carbonyl (C=O) groups excluding carboxylic acids is 2. The van der Waals surface area contributed by atoms with Crippen molar-refractivity contribution in [2.24, 2.45) is 0 Å². The molecule has 0 radical (unpaired) electrons. The van der Waals surface area contributed by atoms with Crippen molar-refractivity contribution in [3.8, 4) is 0 Å². The first-order chi connectivity index (χ1) is 16.0. The summed E-state index contributed by atoms with van der Waals surface area (Å²) in [7, 11) is 0. The molecule has 8 heteroatoms. The predicted octanol–water partition coefficient (Wildman–Crippen LogP) is 4.99. The minimum Gasteiger partial charge on any atom is -0.503 e. The molecule has 4 heterocycles. The largest absolute Gasteiger partial charge is 0.503 e. The molecule has 162 valence electrons. The highest BCUT2D eigenvalue weighted by Crippen LogP contribution is 2.42. The van der Waals surface area contributed by atoms with E-state index in [4.69, 9.17) is 8.83 Å². The quantitative estimate of drug-likeness (QED) is 0.381. The van der Waals surface area contributed by atoms with Crippen LogP contribution in [0.3, 0.4) is 0 Å².